The lowest BCUT2D eigenvalue weighted by molar-refractivity contribution is -0.134. The molecule has 0 radical (unpaired) electrons. The van der Waals surface area contributed by atoms with Gasteiger partial charge < -0.3 is 0 Å². The van der Waals surface area contributed by atoms with Crippen molar-refractivity contribution in [3.63, 3.8) is 0 Å². The van der Waals surface area contributed by atoms with Crippen LogP contribution in [0.25, 0.3) is 0 Å². The Morgan fingerprint density at radius 2 is 1.53 bits per heavy atom. The highest BCUT2D eigenvalue weighted by atomic mass is 16.2. The van der Waals surface area contributed by atoms with Gasteiger partial charge in [0.05, 0.1) is 6.04 Å². The second-order valence-electron chi connectivity index (χ2n) is 8.08. The van der Waals surface area contributed by atoms with Gasteiger partial charge in [0.2, 0.25) is 5.91 Å². The van der Waals surface area contributed by atoms with Crippen LogP contribution >= 0.6 is 0 Å². The third kappa shape index (κ3) is 4.20. The Labute approximate surface area is 178 Å². The number of carbonyl (C=O) groups excluding carboxylic acids is 2. The van der Waals surface area contributed by atoms with Crippen molar-refractivity contribution in [2.24, 2.45) is 5.92 Å². The van der Waals surface area contributed by atoms with Crippen molar-refractivity contribution in [1.82, 2.24) is 4.90 Å². The predicted octanol–water partition coefficient (Wildman–Crippen LogP) is 5.61. The second-order valence-corrected chi connectivity index (χ2v) is 8.08. The molecule has 0 N–H and O–H groups in total. The summed E-state index contributed by atoms with van der Waals surface area (Å²) in [4.78, 5) is 28.8. The summed E-state index contributed by atoms with van der Waals surface area (Å²) in [6.45, 7) is 1.93. The first-order valence-electron chi connectivity index (χ1n) is 10.7. The summed E-state index contributed by atoms with van der Waals surface area (Å²) < 4.78 is 0. The second kappa shape index (κ2) is 9.08. The van der Waals surface area contributed by atoms with E-state index in [0.717, 1.165) is 30.4 Å². The molecule has 2 atom stereocenters. The van der Waals surface area contributed by atoms with Crippen LogP contribution in [0.3, 0.4) is 0 Å². The molecule has 0 bridgehead atoms. The molecule has 3 heteroatoms. The molecule has 0 saturated heterocycles. The highest BCUT2D eigenvalue weighted by Gasteiger charge is 2.36. The van der Waals surface area contributed by atoms with Crippen LogP contribution in [0.15, 0.2) is 84.9 Å². The van der Waals surface area contributed by atoms with E-state index in [0.29, 0.717) is 12.0 Å². The first-order valence-corrected chi connectivity index (χ1v) is 10.7. The zero-order valence-electron chi connectivity index (χ0n) is 17.3. The van der Waals surface area contributed by atoms with E-state index >= 15 is 0 Å². The Balaban J connectivity index is 1.69. The van der Waals surface area contributed by atoms with E-state index < -0.39 is 0 Å². The van der Waals surface area contributed by atoms with Crippen molar-refractivity contribution < 1.29 is 9.59 Å². The maximum absolute atomic E-state index is 13.7. The van der Waals surface area contributed by atoms with Crippen molar-refractivity contribution in [2.45, 2.75) is 38.6 Å². The minimum atomic E-state index is -0.283. The van der Waals surface area contributed by atoms with Crippen molar-refractivity contribution in [2.75, 3.05) is 0 Å². The SMILES string of the molecule is CC(Cc1ccccc1)C(=O)N(C(=O)c1ccccc1)[C@H]1CCCc2ccccc21. The number of hydrogen-bond acceptors (Lipinski definition) is 2. The zero-order chi connectivity index (χ0) is 20.9. The third-order valence-corrected chi connectivity index (χ3v) is 5.93. The van der Waals surface area contributed by atoms with Crippen LogP contribution in [0.2, 0.25) is 0 Å². The molecule has 0 fully saturated rings. The number of carbonyl (C=O) groups is 2. The van der Waals surface area contributed by atoms with Crippen LogP contribution in [0.4, 0.5) is 0 Å². The van der Waals surface area contributed by atoms with Gasteiger partial charge in [0.15, 0.2) is 0 Å². The number of benzene rings is 3. The van der Waals surface area contributed by atoms with Crippen molar-refractivity contribution in [1.29, 1.82) is 0 Å². The lowest BCUT2D eigenvalue weighted by atomic mass is 9.85. The van der Waals surface area contributed by atoms with E-state index in [4.69, 9.17) is 0 Å². The Kier molecular flexibility index (Phi) is 6.08. The van der Waals surface area contributed by atoms with Gasteiger partial charge in [-0.05, 0) is 54.5 Å². The highest BCUT2D eigenvalue weighted by molar-refractivity contribution is 6.05. The fourth-order valence-electron chi connectivity index (χ4n) is 4.40. The fraction of sp³-hybridized carbons (Fsp3) is 0.259. The van der Waals surface area contributed by atoms with Crippen LogP contribution in [-0.2, 0) is 17.6 Å². The minimum Gasteiger partial charge on any atom is -0.274 e. The molecule has 30 heavy (non-hydrogen) atoms. The van der Waals surface area contributed by atoms with E-state index in [1.165, 1.54) is 5.56 Å². The van der Waals surface area contributed by atoms with Crippen molar-refractivity contribution >= 4 is 11.8 Å². The Bertz CT molecular complexity index is 1010. The van der Waals surface area contributed by atoms with Gasteiger partial charge in [0, 0.05) is 11.5 Å². The van der Waals surface area contributed by atoms with E-state index in [2.05, 4.69) is 12.1 Å². The smallest absolute Gasteiger partial charge is 0.261 e. The lowest BCUT2D eigenvalue weighted by Gasteiger charge is -2.36. The molecule has 3 aromatic carbocycles. The summed E-state index contributed by atoms with van der Waals surface area (Å²) in [5.74, 6) is -0.592. The van der Waals surface area contributed by atoms with Gasteiger partial charge in [-0.1, -0.05) is 79.7 Å². The van der Waals surface area contributed by atoms with Crippen molar-refractivity contribution in [3.05, 3.63) is 107 Å². The van der Waals surface area contributed by atoms with Gasteiger partial charge in [0.25, 0.3) is 5.91 Å². The van der Waals surface area contributed by atoms with E-state index in [1.807, 2.05) is 67.6 Å². The maximum atomic E-state index is 13.7. The molecular weight excluding hydrogens is 370 g/mol. The summed E-state index contributed by atoms with van der Waals surface area (Å²) in [6, 6.07) is 27.2. The zero-order valence-corrected chi connectivity index (χ0v) is 17.3. The lowest BCUT2D eigenvalue weighted by Crippen LogP contribution is -2.44. The number of hydrogen-bond donors (Lipinski definition) is 0. The molecular formula is C27H27NO2. The third-order valence-electron chi connectivity index (χ3n) is 5.93. The minimum absolute atomic E-state index is 0.102. The largest absolute Gasteiger partial charge is 0.274 e. The number of aryl methyl sites for hydroxylation is 1. The topological polar surface area (TPSA) is 37.4 Å². The summed E-state index contributed by atoms with van der Waals surface area (Å²) in [6.07, 6.45) is 3.39. The van der Waals surface area contributed by atoms with E-state index in [-0.39, 0.29) is 23.8 Å². The highest BCUT2D eigenvalue weighted by Crippen LogP contribution is 2.36. The Hall–Kier alpha value is -3.20. The van der Waals surface area contributed by atoms with Gasteiger partial charge in [-0.3, -0.25) is 14.5 Å². The summed E-state index contributed by atoms with van der Waals surface area (Å²) in [5.41, 5.74) is 4.01. The molecule has 152 valence electrons. The number of imide groups is 1. The normalized spacial score (nSPS) is 16.4. The first-order chi connectivity index (χ1) is 14.6. The maximum Gasteiger partial charge on any atom is 0.261 e. The molecule has 1 aliphatic carbocycles. The fourth-order valence-corrected chi connectivity index (χ4v) is 4.40. The van der Waals surface area contributed by atoms with Gasteiger partial charge in [0.1, 0.15) is 0 Å². The van der Waals surface area contributed by atoms with Gasteiger partial charge in [-0.15, -0.1) is 0 Å². The molecule has 1 unspecified atom stereocenters. The van der Waals surface area contributed by atoms with Crippen LogP contribution in [-0.4, -0.2) is 16.7 Å². The predicted molar refractivity (Wildman–Crippen MR) is 119 cm³/mol. The average Bonchev–Trinajstić information content (AvgIpc) is 2.80. The first kappa shape index (κ1) is 20.1. The van der Waals surface area contributed by atoms with Crippen LogP contribution in [0, 0.1) is 5.92 Å². The number of fused-ring (bicyclic) bond motifs is 1. The Morgan fingerprint density at radius 3 is 2.27 bits per heavy atom. The molecule has 0 heterocycles. The van der Waals surface area contributed by atoms with Crippen LogP contribution < -0.4 is 0 Å². The Morgan fingerprint density at radius 1 is 0.900 bits per heavy atom. The van der Waals surface area contributed by atoms with E-state index in [1.54, 1.807) is 17.0 Å². The molecule has 1 aliphatic rings. The van der Waals surface area contributed by atoms with Crippen LogP contribution in [0.5, 0.6) is 0 Å². The van der Waals surface area contributed by atoms with Gasteiger partial charge in [-0.25, -0.2) is 0 Å². The summed E-state index contributed by atoms with van der Waals surface area (Å²) in [7, 11) is 0. The van der Waals surface area contributed by atoms with Crippen LogP contribution in [0.1, 0.15) is 52.9 Å². The molecule has 0 spiro atoms. The molecule has 2 amide bonds. The molecule has 0 aliphatic heterocycles. The monoisotopic (exact) mass is 397 g/mol. The van der Waals surface area contributed by atoms with E-state index in [9.17, 15) is 9.59 Å². The number of amides is 2. The molecule has 3 aromatic rings. The number of rotatable bonds is 5. The molecule has 4 rings (SSSR count). The van der Waals surface area contributed by atoms with Gasteiger partial charge in [-0.2, -0.15) is 0 Å². The molecule has 0 aromatic heterocycles. The number of nitrogens with zero attached hydrogens (tertiary/aromatic N) is 1. The summed E-state index contributed by atoms with van der Waals surface area (Å²) in [5, 5.41) is 0. The standard InChI is InChI=1S/C27H27NO2/c1-20(19-21-11-4-2-5-12-21)26(29)28(27(30)23-14-6-3-7-15-23)25-18-10-16-22-13-8-9-17-24(22)25/h2-9,11-15,17,20,25H,10,16,18-19H2,1H3/t20?,25-/m0/s1. The average molecular weight is 398 g/mol. The summed E-state index contributed by atoms with van der Waals surface area (Å²) >= 11 is 0. The molecule has 3 nitrogen and oxygen atoms in total. The quantitative estimate of drug-likeness (QED) is 0.561. The molecule has 0 saturated carbocycles. The van der Waals surface area contributed by atoms with Gasteiger partial charge >= 0.3 is 0 Å². The van der Waals surface area contributed by atoms with Crippen molar-refractivity contribution in [3.8, 4) is 0 Å².